The summed E-state index contributed by atoms with van der Waals surface area (Å²) in [5, 5.41) is 15.3. The summed E-state index contributed by atoms with van der Waals surface area (Å²) in [6.45, 7) is 0. The number of nitrogens with zero attached hydrogens (tertiary/aromatic N) is 4. The third-order valence-corrected chi connectivity index (χ3v) is 6.01. The largest absolute Gasteiger partial charge is 0.455 e. The fourth-order valence-corrected chi connectivity index (χ4v) is 4.44. The third kappa shape index (κ3) is 3.71. The molecule has 4 aromatic rings. The molecule has 0 spiro atoms. The quantitative estimate of drug-likeness (QED) is 0.402. The van der Waals surface area contributed by atoms with Crippen molar-refractivity contribution in [3.8, 4) is 11.3 Å². The van der Waals surface area contributed by atoms with Crippen molar-refractivity contribution in [1.82, 2.24) is 14.9 Å². The SMILES string of the molecule is Clc1ccc(-c2ccc(C3=Nn4c(Cc5ccccc5)nnc4SC3)o2)c(Cl)c1. The first kappa shape index (κ1) is 18.5. The van der Waals surface area contributed by atoms with Gasteiger partial charge in [-0.15, -0.1) is 10.2 Å². The van der Waals surface area contributed by atoms with Gasteiger partial charge in [0, 0.05) is 22.8 Å². The summed E-state index contributed by atoms with van der Waals surface area (Å²) >= 11 is 13.9. The van der Waals surface area contributed by atoms with Crippen molar-refractivity contribution >= 4 is 40.7 Å². The molecule has 0 bridgehead atoms. The first-order valence-electron chi connectivity index (χ1n) is 8.92. The Balaban J connectivity index is 1.46. The number of thioether (sulfide) groups is 1. The van der Waals surface area contributed by atoms with E-state index in [2.05, 4.69) is 22.3 Å². The first-order chi connectivity index (χ1) is 14.2. The zero-order valence-electron chi connectivity index (χ0n) is 15.0. The molecule has 0 atom stereocenters. The van der Waals surface area contributed by atoms with Crippen molar-refractivity contribution in [3.63, 3.8) is 0 Å². The highest BCUT2D eigenvalue weighted by molar-refractivity contribution is 7.99. The Labute approximate surface area is 181 Å². The smallest absolute Gasteiger partial charge is 0.212 e. The van der Waals surface area contributed by atoms with Gasteiger partial charge in [0.25, 0.3) is 0 Å². The molecule has 5 nitrogen and oxygen atoms in total. The molecule has 1 aliphatic rings. The van der Waals surface area contributed by atoms with Gasteiger partial charge in [-0.2, -0.15) is 9.78 Å². The van der Waals surface area contributed by atoms with Crippen molar-refractivity contribution in [1.29, 1.82) is 0 Å². The minimum absolute atomic E-state index is 0.546. The van der Waals surface area contributed by atoms with E-state index in [1.54, 1.807) is 28.6 Å². The maximum Gasteiger partial charge on any atom is 0.212 e. The average molecular weight is 441 g/mol. The van der Waals surface area contributed by atoms with Gasteiger partial charge >= 0.3 is 0 Å². The summed E-state index contributed by atoms with van der Waals surface area (Å²) < 4.78 is 7.85. The number of hydrogen-bond acceptors (Lipinski definition) is 5. The molecule has 0 saturated heterocycles. The number of hydrogen-bond donors (Lipinski definition) is 0. The number of furan rings is 1. The lowest BCUT2D eigenvalue weighted by molar-refractivity contribution is 0.569. The number of aromatic nitrogens is 3. The molecular formula is C21H14Cl2N4OS. The van der Waals surface area contributed by atoms with Gasteiger partial charge in [-0.05, 0) is 35.9 Å². The van der Waals surface area contributed by atoms with Crippen LogP contribution in [-0.4, -0.2) is 26.3 Å². The molecule has 0 aliphatic carbocycles. The molecule has 2 aromatic carbocycles. The highest BCUT2D eigenvalue weighted by Crippen LogP contribution is 2.33. The second-order valence-electron chi connectivity index (χ2n) is 6.50. The van der Waals surface area contributed by atoms with E-state index < -0.39 is 0 Å². The Morgan fingerprint density at radius 1 is 0.966 bits per heavy atom. The van der Waals surface area contributed by atoms with Crippen LogP contribution in [0.4, 0.5) is 0 Å². The molecule has 0 unspecified atom stereocenters. The number of fused-ring (bicyclic) bond motifs is 1. The Kier molecular flexibility index (Phi) is 4.91. The van der Waals surface area contributed by atoms with Crippen molar-refractivity contribution in [2.45, 2.75) is 11.6 Å². The van der Waals surface area contributed by atoms with Crippen molar-refractivity contribution < 1.29 is 4.42 Å². The maximum atomic E-state index is 6.31. The van der Waals surface area contributed by atoms with Crippen LogP contribution in [0.15, 0.2) is 75.3 Å². The van der Waals surface area contributed by atoms with Crippen LogP contribution in [-0.2, 0) is 6.42 Å². The van der Waals surface area contributed by atoms with Gasteiger partial charge in [0.2, 0.25) is 5.16 Å². The van der Waals surface area contributed by atoms with E-state index in [-0.39, 0.29) is 0 Å². The summed E-state index contributed by atoms with van der Waals surface area (Å²) in [5.74, 6) is 2.82. The van der Waals surface area contributed by atoms with Gasteiger partial charge in [0.15, 0.2) is 11.6 Å². The predicted octanol–water partition coefficient (Wildman–Crippen LogP) is 5.79. The highest BCUT2D eigenvalue weighted by Gasteiger charge is 2.22. The normalized spacial score (nSPS) is 13.2. The van der Waals surface area contributed by atoms with Gasteiger partial charge in [-0.1, -0.05) is 65.3 Å². The fourth-order valence-electron chi connectivity index (χ4n) is 3.10. The van der Waals surface area contributed by atoms with Crippen LogP contribution in [0.2, 0.25) is 10.0 Å². The molecule has 0 radical (unpaired) electrons. The van der Waals surface area contributed by atoms with Gasteiger partial charge in [-0.3, -0.25) is 0 Å². The fraction of sp³-hybridized carbons (Fsp3) is 0.0952. The van der Waals surface area contributed by atoms with Crippen LogP contribution >= 0.6 is 35.0 Å². The van der Waals surface area contributed by atoms with Gasteiger partial charge in [0.1, 0.15) is 11.5 Å². The average Bonchev–Trinajstić information content (AvgIpc) is 3.36. The Hall–Kier alpha value is -2.54. The topological polar surface area (TPSA) is 56.2 Å². The molecule has 2 aromatic heterocycles. The van der Waals surface area contributed by atoms with Crippen molar-refractivity contribution in [2.24, 2.45) is 5.10 Å². The van der Waals surface area contributed by atoms with Crippen LogP contribution < -0.4 is 0 Å². The molecule has 29 heavy (non-hydrogen) atoms. The highest BCUT2D eigenvalue weighted by atomic mass is 35.5. The third-order valence-electron chi connectivity index (χ3n) is 4.53. The molecule has 0 saturated carbocycles. The maximum absolute atomic E-state index is 6.31. The Bertz CT molecular complexity index is 1220. The van der Waals surface area contributed by atoms with Crippen molar-refractivity contribution in [2.75, 3.05) is 5.75 Å². The summed E-state index contributed by atoms with van der Waals surface area (Å²) in [4.78, 5) is 0. The standard InChI is InChI=1S/C21H14Cl2N4OS/c22-14-6-7-15(16(23)11-14)18-8-9-19(28-18)17-12-29-21-25-24-20(27(21)26-17)10-13-4-2-1-3-5-13/h1-9,11H,10,12H2. The van der Waals surface area contributed by atoms with Crippen LogP contribution in [0.25, 0.3) is 11.3 Å². The summed E-state index contributed by atoms with van der Waals surface area (Å²) in [6, 6.07) is 19.3. The zero-order chi connectivity index (χ0) is 19.8. The van der Waals surface area contributed by atoms with E-state index in [0.29, 0.717) is 33.7 Å². The van der Waals surface area contributed by atoms with Gasteiger partial charge in [0.05, 0.1) is 5.02 Å². The second kappa shape index (κ2) is 7.71. The summed E-state index contributed by atoms with van der Waals surface area (Å²) in [7, 11) is 0. The predicted molar refractivity (Wildman–Crippen MR) is 116 cm³/mol. The summed E-state index contributed by atoms with van der Waals surface area (Å²) in [5.41, 5.74) is 2.78. The molecule has 0 fully saturated rings. The lowest BCUT2D eigenvalue weighted by atomic mass is 10.1. The zero-order valence-corrected chi connectivity index (χ0v) is 17.4. The van der Waals surface area contributed by atoms with Crippen LogP contribution in [0.3, 0.4) is 0 Å². The molecule has 1 aliphatic heterocycles. The first-order valence-corrected chi connectivity index (χ1v) is 10.7. The molecule has 8 heteroatoms. The number of benzene rings is 2. The van der Waals surface area contributed by atoms with E-state index in [1.807, 2.05) is 36.4 Å². The summed E-state index contributed by atoms with van der Waals surface area (Å²) in [6.07, 6.45) is 0.662. The van der Waals surface area contributed by atoms with Crippen LogP contribution in [0.1, 0.15) is 17.1 Å². The van der Waals surface area contributed by atoms with E-state index in [9.17, 15) is 0 Å². The van der Waals surface area contributed by atoms with Crippen molar-refractivity contribution in [3.05, 3.63) is 87.9 Å². The van der Waals surface area contributed by atoms with Crippen LogP contribution in [0.5, 0.6) is 0 Å². The second-order valence-corrected chi connectivity index (χ2v) is 8.28. The molecule has 3 heterocycles. The van der Waals surface area contributed by atoms with Crippen LogP contribution in [0, 0.1) is 0 Å². The molecule has 5 rings (SSSR count). The number of halogens is 2. The minimum Gasteiger partial charge on any atom is -0.455 e. The molecule has 0 N–H and O–H groups in total. The minimum atomic E-state index is 0.546. The lowest BCUT2D eigenvalue weighted by Crippen LogP contribution is -2.14. The van der Waals surface area contributed by atoms with E-state index in [4.69, 9.17) is 32.7 Å². The van der Waals surface area contributed by atoms with E-state index >= 15 is 0 Å². The van der Waals surface area contributed by atoms with Gasteiger partial charge < -0.3 is 4.42 Å². The number of rotatable bonds is 4. The Morgan fingerprint density at radius 2 is 1.79 bits per heavy atom. The monoisotopic (exact) mass is 440 g/mol. The van der Waals surface area contributed by atoms with Gasteiger partial charge in [-0.25, -0.2) is 0 Å². The van der Waals surface area contributed by atoms with E-state index in [0.717, 1.165) is 27.8 Å². The lowest BCUT2D eigenvalue weighted by Gasteiger charge is -2.12. The Morgan fingerprint density at radius 3 is 2.62 bits per heavy atom. The molecular weight excluding hydrogens is 427 g/mol. The molecule has 144 valence electrons. The molecule has 0 amide bonds. The van der Waals surface area contributed by atoms with E-state index in [1.165, 1.54) is 0 Å².